The van der Waals surface area contributed by atoms with Crippen molar-refractivity contribution in [3.63, 3.8) is 0 Å². The number of carbonyl (C=O) groups is 2. The van der Waals surface area contributed by atoms with E-state index in [-0.39, 0.29) is 36.5 Å². The molecule has 2 heterocycles. The molecule has 0 saturated carbocycles. The molecule has 4 aromatic carbocycles. The summed E-state index contributed by atoms with van der Waals surface area (Å²) in [4.78, 5) is 41.5. The van der Waals surface area contributed by atoms with E-state index < -0.39 is 35.4 Å². The van der Waals surface area contributed by atoms with Crippen molar-refractivity contribution in [2.45, 2.75) is 25.2 Å². The Morgan fingerprint density at radius 2 is 1.58 bits per heavy atom. The summed E-state index contributed by atoms with van der Waals surface area (Å²) in [5, 5.41) is 1.85. The molecule has 0 bridgehead atoms. The summed E-state index contributed by atoms with van der Waals surface area (Å²) in [6, 6.07) is 27.0. The molecule has 10 heteroatoms. The molecule has 0 fully saturated rings. The number of fused-ring (bicyclic) bond motifs is 2. The van der Waals surface area contributed by atoms with Gasteiger partial charge < -0.3 is 9.47 Å². The topological polar surface area (TPSA) is 77.8 Å². The fraction of sp³-hybridized carbons (Fsp3) is 0.171. The van der Waals surface area contributed by atoms with Gasteiger partial charge in [0, 0.05) is 11.6 Å². The highest BCUT2D eigenvalue weighted by molar-refractivity contribution is 5.97. The first-order chi connectivity index (χ1) is 21.7. The first-order valence-electron chi connectivity index (χ1n) is 14.1. The van der Waals surface area contributed by atoms with Gasteiger partial charge in [0.2, 0.25) is 0 Å². The van der Waals surface area contributed by atoms with Crippen LogP contribution in [-0.2, 0) is 33.5 Å². The third kappa shape index (κ3) is 5.78. The molecule has 45 heavy (non-hydrogen) atoms. The first kappa shape index (κ1) is 29.7. The number of alkyl halides is 3. The van der Waals surface area contributed by atoms with Crippen LogP contribution in [-0.4, -0.2) is 30.3 Å². The second-order valence-electron chi connectivity index (χ2n) is 10.7. The van der Waals surface area contributed by atoms with Crippen molar-refractivity contribution in [1.29, 1.82) is 0 Å². The molecule has 0 aliphatic carbocycles. The number of aromatic nitrogens is 1. The van der Waals surface area contributed by atoms with E-state index in [1.165, 1.54) is 18.2 Å². The minimum absolute atomic E-state index is 0.0366. The van der Waals surface area contributed by atoms with E-state index in [0.29, 0.717) is 11.1 Å². The van der Waals surface area contributed by atoms with Crippen LogP contribution >= 0.6 is 0 Å². The SMILES string of the molecule is COC(=O)C1CN(C(=O)OCc2ccccc2)c2c(-c3cccc(C(F)(F)F)c3)c(Cc3cccc4ccccc34)cc(=O)n21. The molecule has 1 aliphatic heterocycles. The van der Waals surface area contributed by atoms with Crippen molar-refractivity contribution < 1.29 is 32.2 Å². The smallest absolute Gasteiger partial charge is 0.416 e. The fourth-order valence-corrected chi connectivity index (χ4v) is 5.80. The number of hydrogen-bond acceptors (Lipinski definition) is 5. The second-order valence-corrected chi connectivity index (χ2v) is 10.7. The van der Waals surface area contributed by atoms with Crippen LogP contribution in [0.15, 0.2) is 108 Å². The Hall–Kier alpha value is -5.38. The molecule has 1 aromatic heterocycles. The van der Waals surface area contributed by atoms with Crippen LogP contribution < -0.4 is 10.5 Å². The second kappa shape index (κ2) is 12.0. The van der Waals surface area contributed by atoms with Crippen LogP contribution in [0.3, 0.4) is 0 Å². The number of ether oxygens (including phenoxy) is 2. The van der Waals surface area contributed by atoms with E-state index >= 15 is 0 Å². The summed E-state index contributed by atoms with van der Waals surface area (Å²) >= 11 is 0. The number of amides is 1. The zero-order valence-corrected chi connectivity index (χ0v) is 24.1. The monoisotopic (exact) mass is 612 g/mol. The summed E-state index contributed by atoms with van der Waals surface area (Å²) in [7, 11) is 1.16. The Morgan fingerprint density at radius 1 is 0.867 bits per heavy atom. The molecule has 228 valence electrons. The highest BCUT2D eigenvalue weighted by Crippen LogP contribution is 2.42. The van der Waals surface area contributed by atoms with Crippen molar-refractivity contribution in [2.75, 3.05) is 18.6 Å². The predicted octanol–water partition coefficient (Wildman–Crippen LogP) is 7.15. The van der Waals surface area contributed by atoms with Gasteiger partial charge in [0.05, 0.1) is 19.2 Å². The molecule has 0 saturated heterocycles. The van der Waals surface area contributed by atoms with Crippen molar-refractivity contribution in [2.24, 2.45) is 0 Å². The van der Waals surface area contributed by atoms with E-state index in [4.69, 9.17) is 9.47 Å². The van der Waals surface area contributed by atoms with E-state index in [1.54, 1.807) is 24.3 Å². The van der Waals surface area contributed by atoms with Crippen molar-refractivity contribution in [3.8, 4) is 11.1 Å². The van der Waals surface area contributed by atoms with Crippen molar-refractivity contribution in [3.05, 3.63) is 136 Å². The number of hydrogen-bond donors (Lipinski definition) is 0. The minimum Gasteiger partial charge on any atom is -0.467 e. The maximum absolute atomic E-state index is 13.9. The molecule has 7 nitrogen and oxygen atoms in total. The van der Waals surface area contributed by atoms with Gasteiger partial charge in [0.15, 0.2) is 6.04 Å². The summed E-state index contributed by atoms with van der Waals surface area (Å²) in [6.07, 6.45) is -5.36. The van der Waals surface area contributed by atoms with Crippen LogP contribution in [0.1, 0.15) is 28.3 Å². The van der Waals surface area contributed by atoms with Gasteiger partial charge in [-0.25, -0.2) is 9.59 Å². The van der Waals surface area contributed by atoms with Crippen molar-refractivity contribution >= 4 is 28.7 Å². The lowest BCUT2D eigenvalue weighted by Gasteiger charge is -2.22. The standard InChI is InChI=1S/C35H27F3N2O5/c1-44-33(42)29-20-39(34(43)45-21-22-9-3-2-4-10-22)32-31(25-14-8-15-27(18-25)35(36,37)38)26(19-30(41)40(29)32)17-24-13-7-12-23-11-5-6-16-28(23)24/h2-16,18-19,29H,17,20-21H2,1H3. The number of benzene rings is 4. The highest BCUT2D eigenvalue weighted by atomic mass is 19.4. The largest absolute Gasteiger partial charge is 0.467 e. The zero-order valence-electron chi connectivity index (χ0n) is 24.1. The summed E-state index contributed by atoms with van der Waals surface area (Å²) in [5.74, 6) is -0.820. The molecule has 0 radical (unpaired) electrons. The summed E-state index contributed by atoms with van der Waals surface area (Å²) in [5.41, 5.74) is 0.729. The van der Waals surface area contributed by atoms with Crippen LogP contribution in [0.25, 0.3) is 21.9 Å². The third-order valence-corrected chi connectivity index (χ3v) is 7.87. The zero-order chi connectivity index (χ0) is 31.7. The number of pyridine rings is 1. The van der Waals surface area contributed by atoms with Crippen LogP contribution in [0.4, 0.5) is 23.8 Å². The first-order valence-corrected chi connectivity index (χ1v) is 14.1. The fourth-order valence-electron chi connectivity index (χ4n) is 5.80. The Bertz CT molecular complexity index is 1970. The normalized spacial score (nSPS) is 14.3. The van der Waals surface area contributed by atoms with Gasteiger partial charge in [-0.05, 0) is 51.6 Å². The number of carbonyl (C=O) groups excluding carboxylic acids is 2. The maximum Gasteiger partial charge on any atom is 0.416 e. The quantitative estimate of drug-likeness (QED) is 0.190. The molecule has 0 N–H and O–H groups in total. The van der Waals surface area contributed by atoms with Crippen LogP contribution in [0, 0.1) is 0 Å². The third-order valence-electron chi connectivity index (χ3n) is 7.87. The Labute approximate surface area is 256 Å². The number of rotatable bonds is 6. The molecule has 1 atom stereocenters. The molecule has 6 rings (SSSR count). The molecular weight excluding hydrogens is 585 g/mol. The Morgan fingerprint density at radius 3 is 2.33 bits per heavy atom. The van der Waals surface area contributed by atoms with E-state index in [0.717, 1.165) is 45.0 Å². The number of halogens is 3. The molecule has 0 spiro atoms. The Kier molecular flexibility index (Phi) is 7.88. The van der Waals surface area contributed by atoms with Gasteiger partial charge in [0.1, 0.15) is 12.4 Å². The summed E-state index contributed by atoms with van der Waals surface area (Å²) in [6.45, 7) is -0.406. The van der Waals surface area contributed by atoms with E-state index in [1.807, 2.05) is 48.5 Å². The summed E-state index contributed by atoms with van der Waals surface area (Å²) < 4.78 is 53.4. The van der Waals surface area contributed by atoms with Gasteiger partial charge in [0.25, 0.3) is 5.56 Å². The van der Waals surface area contributed by atoms with Crippen LogP contribution in [0.2, 0.25) is 0 Å². The number of methoxy groups -OCH3 is 1. The molecule has 1 aliphatic rings. The van der Waals surface area contributed by atoms with E-state index in [9.17, 15) is 27.6 Å². The van der Waals surface area contributed by atoms with Gasteiger partial charge in [-0.15, -0.1) is 0 Å². The number of nitrogens with zero attached hydrogens (tertiary/aromatic N) is 2. The maximum atomic E-state index is 13.9. The number of esters is 1. The molecule has 1 unspecified atom stereocenters. The number of anilines is 1. The average molecular weight is 613 g/mol. The van der Waals surface area contributed by atoms with Crippen molar-refractivity contribution in [1.82, 2.24) is 4.57 Å². The van der Waals surface area contributed by atoms with E-state index in [2.05, 4.69) is 0 Å². The van der Waals surface area contributed by atoms with Gasteiger partial charge >= 0.3 is 18.2 Å². The van der Waals surface area contributed by atoms with Gasteiger partial charge in [-0.1, -0.05) is 84.9 Å². The molecule has 1 amide bonds. The molecular formula is C35H27F3N2O5. The van der Waals surface area contributed by atoms with Gasteiger partial charge in [-0.3, -0.25) is 14.3 Å². The highest BCUT2D eigenvalue weighted by Gasteiger charge is 2.42. The lowest BCUT2D eigenvalue weighted by molar-refractivity contribution is -0.144. The minimum atomic E-state index is -4.65. The van der Waals surface area contributed by atoms with Gasteiger partial charge in [-0.2, -0.15) is 13.2 Å². The predicted molar refractivity (Wildman–Crippen MR) is 163 cm³/mol. The lowest BCUT2D eigenvalue weighted by Crippen LogP contribution is -2.32. The average Bonchev–Trinajstić information content (AvgIpc) is 3.45. The Balaban J connectivity index is 1.57. The lowest BCUT2D eigenvalue weighted by atomic mass is 9.92. The molecule has 5 aromatic rings. The van der Waals surface area contributed by atoms with Crippen LogP contribution in [0.5, 0.6) is 0 Å².